The van der Waals surface area contributed by atoms with E-state index in [0.29, 0.717) is 10.0 Å². The van der Waals surface area contributed by atoms with E-state index in [1.807, 2.05) is 180 Å². The van der Waals surface area contributed by atoms with E-state index in [-0.39, 0.29) is 5.78 Å². The first kappa shape index (κ1) is 32.3. The Kier molecular flexibility index (Phi) is 9.14. The number of hydrogen-bond acceptors (Lipinski definition) is 5. The highest BCUT2D eigenvalue weighted by molar-refractivity contribution is 6.30. The largest absolute Gasteiger partial charge is 0.299 e. The molecule has 0 unspecified atom stereocenters. The Labute approximate surface area is 302 Å². The van der Waals surface area contributed by atoms with Crippen molar-refractivity contribution in [2.75, 3.05) is 10.1 Å². The van der Waals surface area contributed by atoms with Crippen molar-refractivity contribution >= 4 is 40.4 Å². The molecule has 0 radical (unpaired) electrons. The minimum Gasteiger partial charge on any atom is -0.299 e. The summed E-state index contributed by atoms with van der Waals surface area (Å²) in [6.07, 6.45) is -1.17. The Balaban J connectivity index is 1.34. The predicted octanol–water partition coefficient (Wildman–Crippen LogP) is 11.0. The molecule has 0 amide bonds. The molecule has 0 aliphatic carbocycles. The highest BCUT2D eigenvalue weighted by atomic mass is 35.5. The first-order chi connectivity index (χ1) is 24.6. The smallest absolute Gasteiger partial charge is 0.150 e. The van der Waals surface area contributed by atoms with Crippen LogP contribution >= 0.6 is 23.2 Å². The number of ketones is 1. The predicted molar refractivity (Wildman–Crippen MR) is 199 cm³/mol. The summed E-state index contributed by atoms with van der Waals surface area (Å²) in [7, 11) is 0. The number of benzene rings is 6. The molecule has 0 bridgehead atoms. The maximum absolute atomic E-state index is 16.0. The molecule has 2 aliphatic rings. The maximum atomic E-state index is 16.0. The van der Waals surface area contributed by atoms with Gasteiger partial charge in [-0.05, 0) is 70.8 Å². The van der Waals surface area contributed by atoms with Crippen molar-refractivity contribution in [2.24, 2.45) is 11.8 Å². The standard InChI is InChI=1S/C43H34Cl2N2O3/c44-33-25-21-29(22-26-33)39-37(42(31-13-5-1-6-14-31)49-46(39)35-17-9-3-10-18-35)41(48)38-40(30-23-27-34(45)28-24-30)47(36-19-11-4-12-20-36)50-43(38)32-15-7-2-8-16-32/h1-28,37-40,42-43H/t37-,38+,39+,40-,42-,43+. The Morgan fingerprint density at radius 2 is 0.740 bits per heavy atom. The summed E-state index contributed by atoms with van der Waals surface area (Å²) in [6, 6.07) is 54.5. The Bertz CT molecular complexity index is 1880. The van der Waals surface area contributed by atoms with Crippen molar-refractivity contribution in [2.45, 2.75) is 24.3 Å². The number of carbonyl (C=O) groups excluding carboxylic acids is 1. The van der Waals surface area contributed by atoms with Crippen molar-refractivity contribution in [1.29, 1.82) is 0 Å². The van der Waals surface area contributed by atoms with Crippen molar-refractivity contribution in [3.8, 4) is 0 Å². The van der Waals surface area contributed by atoms with Crippen molar-refractivity contribution in [3.05, 3.63) is 202 Å². The molecule has 2 aliphatic heterocycles. The van der Waals surface area contributed by atoms with Gasteiger partial charge in [-0.25, -0.2) is 10.1 Å². The molecule has 248 valence electrons. The first-order valence-electron chi connectivity index (χ1n) is 16.7. The van der Waals surface area contributed by atoms with Crippen LogP contribution in [0.25, 0.3) is 0 Å². The van der Waals surface area contributed by atoms with Gasteiger partial charge in [-0.3, -0.25) is 14.5 Å². The lowest BCUT2D eigenvalue weighted by Crippen LogP contribution is -2.37. The number of halogens is 2. The summed E-state index contributed by atoms with van der Waals surface area (Å²) < 4.78 is 0. The summed E-state index contributed by atoms with van der Waals surface area (Å²) >= 11 is 12.8. The van der Waals surface area contributed by atoms with E-state index >= 15 is 4.79 Å². The number of nitrogens with zero attached hydrogens (tertiary/aromatic N) is 2. The number of para-hydroxylation sites is 2. The summed E-state index contributed by atoms with van der Waals surface area (Å²) in [4.78, 5) is 29.9. The van der Waals surface area contributed by atoms with Gasteiger partial charge in [0.2, 0.25) is 0 Å². The van der Waals surface area contributed by atoms with Crippen LogP contribution in [-0.4, -0.2) is 5.78 Å². The molecule has 2 fully saturated rings. The SMILES string of the molecule is O=C([C@@H]1[C@@H](c2ccc(Cl)cc2)N(c2ccccc2)O[C@H]1c1ccccc1)[C@@H]1[C@@H](c2ccccc2)ON(c2ccccc2)[C@H]1c1ccc(Cl)cc1. The van der Waals surface area contributed by atoms with Gasteiger partial charge in [0.25, 0.3) is 0 Å². The topological polar surface area (TPSA) is 42.0 Å². The number of hydroxylamine groups is 2. The van der Waals surface area contributed by atoms with E-state index in [1.54, 1.807) is 0 Å². The summed E-state index contributed by atoms with van der Waals surface area (Å²) in [5, 5.41) is 5.05. The van der Waals surface area contributed by atoms with E-state index in [0.717, 1.165) is 33.6 Å². The van der Waals surface area contributed by atoms with Crippen LogP contribution in [0.2, 0.25) is 10.0 Å². The molecular formula is C43H34Cl2N2O3. The zero-order chi connectivity index (χ0) is 34.0. The maximum Gasteiger partial charge on any atom is 0.150 e. The summed E-state index contributed by atoms with van der Waals surface area (Å²) in [5.74, 6) is -1.24. The lowest BCUT2D eigenvalue weighted by molar-refractivity contribution is -0.131. The fourth-order valence-electron chi connectivity index (χ4n) is 7.38. The molecule has 0 spiro atoms. The second-order valence-electron chi connectivity index (χ2n) is 12.6. The van der Waals surface area contributed by atoms with E-state index in [1.165, 1.54) is 0 Å². The first-order valence-corrected chi connectivity index (χ1v) is 17.5. The third-order valence-electron chi connectivity index (χ3n) is 9.65. The highest BCUT2D eigenvalue weighted by Crippen LogP contribution is 2.56. The zero-order valence-electron chi connectivity index (χ0n) is 27.0. The molecule has 50 heavy (non-hydrogen) atoms. The van der Waals surface area contributed by atoms with E-state index in [4.69, 9.17) is 32.9 Å². The van der Waals surface area contributed by atoms with Gasteiger partial charge in [-0.15, -0.1) is 0 Å². The van der Waals surface area contributed by atoms with Crippen LogP contribution in [0, 0.1) is 11.8 Å². The molecular weight excluding hydrogens is 663 g/mol. The number of Topliss-reactive ketones (excluding diaryl/α,β-unsaturated/α-hetero) is 1. The number of carbonyl (C=O) groups is 1. The molecule has 0 N–H and O–H groups in total. The van der Waals surface area contributed by atoms with Crippen molar-refractivity contribution in [3.63, 3.8) is 0 Å². The van der Waals surface area contributed by atoms with Gasteiger partial charge in [0.1, 0.15) is 18.0 Å². The number of anilines is 2. The Hall–Kier alpha value is -4.91. The van der Waals surface area contributed by atoms with Crippen LogP contribution in [0.1, 0.15) is 46.5 Å². The number of rotatable bonds is 8. The average molecular weight is 698 g/mol. The van der Waals surface area contributed by atoms with Crippen LogP contribution in [0.4, 0.5) is 11.4 Å². The van der Waals surface area contributed by atoms with Gasteiger partial charge in [-0.2, -0.15) is 0 Å². The van der Waals surface area contributed by atoms with Gasteiger partial charge < -0.3 is 0 Å². The Morgan fingerprint density at radius 1 is 0.420 bits per heavy atom. The van der Waals surface area contributed by atoms with Gasteiger partial charge in [0.05, 0.1) is 35.3 Å². The van der Waals surface area contributed by atoms with E-state index < -0.39 is 36.1 Å². The fourth-order valence-corrected chi connectivity index (χ4v) is 7.63. The van der Waals surface area contributed by atoms with Crippen LogP contribution in [0.15, 0.2) is 170 Å². The minimum absolute atomic E-state index is 0.0319. The lowest BCUT2D eigenvalue weighted by atomic mass is 9.73. The van der Waals surface area contributed by atoms with Crippen LogP contribution in [0.3, 0.4) is 0 Å². The summed E-state index contributed by atoms with van der Waals surface area (Å²) in [5.41, 5.74) is 5.39. The quantitative estimate of drug-likeness (QED) is 0.158. The molecule has 2 saturated heterocycles. The van der Waals surface area contributed by atoms with Gasteiger partial charge in [0.15, 0.2) is 0 Å². The minimum atomic E-state index is -0.635. The van der Waals surface area contributed by atoms with E-state index in [2.05, 4.69) is 0 Å². The van der Waals surface area contributed by atoms with Crippen LogP contribution in [-0.2, 0) is 14.5 Å². The van der Waals surface area contributed by atoms with Gasteiger partial charge in [-0.1, -0.05) is 145 Å². The molecule has 7 heteroatoms. The summed E-state index contributed by atoms with van der Waals surface area (Å²) in [6.45, 7) is 0. The third kappa shape index (κ3) is 6.19. The average Bonchev–Trinajstić information content (AvgIpc) is 3.77. The normalized spacial score (nSPS) is 23.2. The van der Waals surface area contributed by atoms with Gasteiger partial charge in [0, 0.05) is 10.0 Å². The zero-order valence-corrected chi connectivity index (χ0v) is 28.5. The Morgan fingerprint density at radius 3 is 1.08 bits per heavy atom. The third-order valence-corrected chi connectivity index (χ3v) is 10.2. The molecule has 2 heterocycles. The molecule has 8 rings (SSSR count). The lowest BCUT2D eigenvalue weighted by Gasteiger charge is -2.31. The second kappa shape index (κ2) is 14.1. The fraction of sp³-hybridized carbons (Fsp3) is 0.140. The molecule has 6 aromatic carbocycles. The highest BCUT2D eigenvalue weighted by Gasteiger charge is 2.57. The second-order valence-corrected chi connectivity index (χ2v) is 13.5. The van der Waals surface area contributed by atoms with Crippen molar-refractivity contribution < 1.29 is 14.5 Å². The van der Waals surface area contributed by atoms with Crippen molar-refractivity contribution in [1.82, 2.24) is 0 Å². The molecule has 6 atom stereocenters. The van der Waals surface area contributed by atoms with E-state index in [9.17, 15) is 0 Å². The number of hydrogen-bond donors (Lipinski definition) is 0. The molecule has 6 aromatic rings. The monoisotopic (exact) mass is 696 g/mol. The van der Waals surface area contributed by atoms with Gasteiger partial charge >= 0.3 is 0 Å². The van der Waals surface area contributed by atoms with Crippen LogP contribution in [0.5, 0.6) is 0 Å². The molecule has 5 nitrogen and oxygen atoms in total. The molecule has 0 saturated carbocycles. The molecule has 0 aromatic heterocycles. The van der Waals surface area contributed by atoms with Crippen LogP contribution < -0.4 is 10.1 Å².